The average Bonchev–Trinajstić information content (AvgIpc) is 2.46. The lowest BCUT2D eigenvalue weighted by Crippen LogP contribution is -1.96. The van der Waals surface area contributed by atoms with Gasteiger partial charge in [-0.2, -0.15) is 5.26 Å². The quantitative estimate of drug-likeness (QED) is 0.635. The van der Waals surface area contributed by atoms with Gasteiger partial charge in [0.25, 0.3) is 0 Å². The number of furan rings is 1. The maximum absolute atomic E-state index is 10.4. The minimum atomic E-state index is -1.27. The summed E-state index contributed by atoms with van der Waals surface area (Å²) in [4.78, 5) is 10.4. The smallest absolute Gasteiger partial charge is 0.346 e. The second-order valence-corrected chi connectivity index (χ2v) is 2.90. The Hall–Kier alpha value is -1.54. The lowest BCUT2D eigenvalue weighted by Gasteiger charge is -1.87. The maximum Gasteiger partial charge on any atom is 0.346 e. The summed E-state index contributed by atoms with van der Waals surface area (Å²) in [6, 6.07) is 4.72. The first-order valence-corrected chi connectivity index (χ1v) is 4.03. The molecular weight excluding hydrogens is 238 g/mol. The molecule has 0 bridgehead atoms. The van der Waals surface area contributed by atoms with Gasteiger partial charge in [0, 0.05) is 6.08 Å². The van der Waals surface area contributed by atoms with Crippen molar-refractivity contribution in [3.05, 3.63) is 28.1 Å². The zero-order valence-corrected chi connectivity index (χ0v) is 7.91. The van der Waals surface area contributed by atoms with Crippen LogP contribution in [-0.4, -0.2) is 11.1 Å². The first-order valence-electron chi connectivity index (χ1n) is 3.24. The number of hydrogen-bond donors (Lipinski definition) is 1. The molecular formula is C8H4BrNO3. The molecule has 0 unspecified atom stereocenters. The highest BCUT2D eigenvalue weighted by molar-refractivity contribution is 9.10. The van der Waals surface area contributed by atoms with Crippen LogP contribution in [0.25, 0.3) is 6.08 Å². The van der Waals surface area contributed by atoms with Gasteiger partial charge in [0.05, 0.1) is 0 Å². The van der Waals surface area contributed by atoms with Gasteiger partial charge in [-0.15, -0.1) is 0 Å². The molecule has 1 N–H and O–H groups in total. The molecule has 0 amide bonds. The molecule has 0 fully saturated rings. The van der Waals surface area contributed by atoms with Crippen molar-refractivity contribution in [3.8, 4) is 6.07 Å². The van der Waals surface area contributed by atoms with E-state index >= 15 is 0 Å². The van der Waals surface area contributed by atoms with Crippen LogP contribution in [0, 0.1) is 11.3 Å². The summed E-state index contributed by atoms with van der Waals surface area (Å²) in [6.45, 7) is 0. The molecule has 1 rings (SSSR count). The number of rotatable bonds is 2. The standard InChI is InChI=1S/C8H4BrNO3/c9-7-2-1-6(13-7)3-5(4-10)8(11)12/h1-3H,(H,11,12)/b5-3+. The van der Waals surface area contributed by atoms with Crippen LogP contribution in [0.3, 0.4) is 0 Å². The molecule has 1 heterocycles. The number of nitrogens with zero attached hydrogens (tertiary/aromatic N) is 1. The first-order chi connectivity index (χ1) is 6.13. The normalized spacial score (nSPS) is 10.9. The first kappa shape index (κ1) is 9.55. The van der Waals surface area contributed by atoms with Gasteiger partial charge < -0.3 is 9.52 Å². The van der Waals surface area contributed by atoms with Gasteiger partial charge in [0.15, 0.2) is 4.67 Å². The number of nitriles is 1. The minimum absolute atomic E-state index is 0.325. The molecule has 0 saturated heterocycles. The highest BCUT2D eigenvalue weighted by Crippen LogP contribution is 2.16. The van der Waals surface area contributed by atoms with Crippen molar-refractivity contribution < 1.29 is 14.3 Å². The van der Waals surface area contributed by atoms with Crippen LogP contribution in [0.15, 0.2) is 26.8 Å². The SMILES string of the molecule is N#C/C(=C\c1ccc(Br)o1)C(=O)O. The van der Waals surface area contributed by atoms with E-state index in [-0.39, 0.29) is 5.57 Å². The lowest BCUT2D eigenvalue weighted by molar-refractivity contribution is -0.132. The highest BCUT2D eigenvalue weighted by Gasteiger charge is 2.06. The van der Waals surface area contributed by atoms with Crippen LogP contribution in [0.5, 0.6) is 0 Å². The van der Waals surface area contributed by atoms with Gasteiger partial charge in [-0.1, -0.05) is 0 Å². The zero-order chi connectivity index (χ0) is 9.84. The zero-order valence-electron chi connectivity index (χ0n) is 6.32. The largest absolute Gasteiger partial charge is 0.477 e. The Labute approximate surface area is 82.2 Å². The number of halogens is 1. The van der Waals surface area contributed by atoms with Crippen molar-refractivity contribution >= 4 is 28.0 Å². The monoisotopic (exact) mass is 241 g/mol. The van der Waals surface area contributed by atoms with Gasteiger partial charge in [0.2, 0.25) is 0 Å². The molecule has 4 nitrogen and oxygen atoms in total. The molecule has 66 valence electrons. The Morgan fingerprint density at radius 2 is 2.38 bits per heavy atom. The molecule has 0 aromatic carbocycles. The van der Waals surface area contributed by atoms with Crippen LogP contribution in [-0.2, 0) is 4.79 Å². The summed E-state index contributed by atoms with van der Waals surface area (Å²) in [5, 5.41) is 16.9. The second kappa shape index (κ2) is 3.92. The Kier molecular flexibility index (Phi) is 2.88. The third kappa shape index (κ3) is 2.46. The predicted octanol–water partition coefficient (Wildman–Crippen LogP) is 2.03. The van der Waals surface area contributed by atoms with Gasteiger partial charge in [-0.05, 0) is 28.1 Å². The van der Waals surface area contributed by atoms with Gasteiger partial charge in [0.1, 0.15) is 17.4 Å². The fourth-order valence-electron chi connectivity index (χ4n) is 0.690. The minimum Gasteiger partial charge on any atom is -0.477 e. The third-order valence-electron chi connectivity index (χ3n) is 1.23. The van der Waals surface area contributed by atoms with Gasteiger partial charge in [-0.3, -0.25) is 0 Å². The molecule has 13 heavy (non-hydrogen) atoms. The van der Waals surface area contributed by atoms with E-state index in [0.29, 0.717) is 10.4 Å². The van der Waals surface area contributed by atoms with Crippen molar-refractivity contribution in [1.29, 1.82) is 5.26 Å². The van der Waals surface area contributed by atoms with E-state index in [0.717, 1.165) is 6.08 Å². The number of carboxylic acid groups (broad SMARTS) is 1. The molecule has 0 aliphatic heterocycles. The topological polar surface area (TPSA) is 74.2 Å². The molecule has 0 spiro atoms. The summed E-state index contributed by atoms with van der Waals surface area (Å²) in [7, 11) is 0. The number of carbonyl (C=O) groups is 1. The third-order valence-corrected chi connectivity index (χ3v) is 1.66. The van der Waals surface area contributed by atoms with Crippen molar-refractivity contribution in [2.45, 2.75) is 0 Å². The van der Waals surface area contributed by atoms with Crippen molar-refractivity contribution in [2.24, 2.45) is 0 Å². The lowest BCUT2D eigenvalue weighted by atomic mass is 10.2. The molecule has 0 atom stereocenters. The fraction of sp³-hybridized carbons (Fsp3) is 0. The number of aliphatic carboxylic acids is 1. The fourth-order valence-corrected chi connectivity index (χ4v) is 1.01. The predicted molar refractivity (Wildman–Crippen MR) is 47.6 cm³/mol. The Morgan fingerprint density at radius 1 is 1.69 bits per heavy atom. The van der Waals surface area contributed by atoms with E-state index in [1.807, 2.05) is 0 Å². The van der Waals surface area contributed by atoms with Crippen molar-refractivity contribution in [3.63, 3.8) is 0 Å². The number of hydrogen-bond acceptors (Lipinski definition) is 3. The molecule has 0 aliphatic carbocycles. The van der Waals surface area contributed by atoms with Crippen molar-refractivity contribution in [2.75, 3.05) is 0 Å². The highest BCUT2D eigenvalue weighted by atomic mass is 79.9. The van der Waals surface area contributed by atoms with E-state index in [1.165, 1.54) is 0 Å². The van der Waals surface area contributed by atoms with Crippen LogP contribution in [0.2, 0.25) is 0 Å². The Morgan fingerprint density at radius 3 is 2.77 bits per heavy atom. The van der Waals surface area contributed by atoms with E-state index in [4.69, 9.17) is 14.8 Å². The van der Waals surface area contributed by atoms with E-state index in [9.17, 15) is 4.79 Å². The Bertz CT molecular complexity index is 400. The van der Waals surface area contributed by atoms with E-state index in [1.54, 1.807) is 18.2 Å². The molecule has 0 saturated carbocycles. The van der Waals surface area contributed by atoms with Crippen LogP contribution >= 0.6 is 15.9 Å². The molecule has 5 heteroatoms. The van der Waals surface area contributed by atoms with E-state index in [2.05, 4.69) is 15.9 Å². The van der Waals surface area contributed by atoms with Crippen LogP contribution in [0.4, 0.5) is 0 Å². The molecule has 1 aromatic heterocycles. The van der Waals surface area contributed by atoms with Crippen LogP contribution < -0.4 is 0 Å². The summed E-state index contributed by atoms with van der Waals surface area (Å²) in [5.74, 6) is -0.944. The summed E-state index contributed by atoms with van der Waals surface area (Å²) in [6.07, 6.45) is 1.16. The number of carboxylic acids is 1. The maximum atomic E-state index is 10.4. The Balaban J connectivity index is 3.00. The van der Waals surface area contributed by atoms with Gasteiger partial charge in [-0.25, -0.2) is 4.79 Å². The van der Waals surface area contributed by atoms with Crippen LogP contribution in [0.1, 0.15) is 5.76 Å². The second-order valence-electron chi connectivity index (χ2n) is 2.12. The summed E-state index contributed by atoms with van der Waals surface area (Å²) < 4.78 is 5.48. The summed E-state index contributed by atoms with van der Waals surface area (Å²) >= 11 is 3.05. The molecule has 0 radical (unpaired) electrons. The van der Waals surface area contributed by atoms with Gasteiger partial charge >= 0.3 is 5.97 Å². The molecule has 0 aliphatic rings. The molecule has 1 aromatic rings. The summed E-state index contributed by atoms with van der Waals surface area (Å²) in [5.41, 5.74) is -0.359. The average molecular weight is 242 g/mol. The van der Waals surface area contributed by atoms with Crippen molar-refractivity contribution in [1.82, 2.24) is 0 Å². The van der Waals surface area contributed by atoms with E-state index < -0.39 is 5.97 Å².